The summed E-state index contributed by atoms with van der Waals surface area (Å²) >= 11 is -3.94. The third-order valence-electron chi connectivity index (χ3n) is 12.2. The number of fused-ring (bicyclic) bond motifs is 4. The van der Waals surface area contributed by atoms with Gasteiger partial charge in [0.1, 0.15) is 0 Å². The molecule has 2 aliphatic rings. The van der Waals surface area contributed by atoms with Gasteiger partial charge in [-0.3, -0.25) is 0 Å². The molecule has 0 radical (unpaired) electrons. The fraction of sp³-hybridized carbons (Fsp3) is 0.143. The van der Waals surface area contributed by atoms with Crippen LogP contribution in [0.15, 0.2) is 145 Å². The quantitative estimate of drug-likeness (QED) is 0.152. The molecule has 4 heteroatoms. The summed E-state index contributed by atoms with van der Waals surface area (Å²) in [5.41, 5.74) is 18.6. The van der Waals surface area contributed by atoms with Crippen molar-refractivity contribution in [2.75, 3.05) is 0 Å². The molecule has 0 fully saturated rings. The van der Waals surface area contributed by atoms with Crippen LogP contribution in [0.1, 0.15) is 53.1 Å². The van der Waals surface area contributed by atoms with Crippen molar-refractivity contribution in [2.24, 2.45) is 0 Å². The number of aryl methyl sites for hydroxylation is 2. The Hall–Kier alpha value is -3.78. The minimum absolute atomic E-state index is 0. The topological polar surface area (TPSA) is 0 Å². The Morgan fingerprint density at radius 3 is 1.60 bits per heavy atom. The van der Waals surface area contributed by atoms with E-state index < -0.39 is 17.4 Å². The van der Waals surface area contributed by atoms with Crippen LogP contribution in [0.5, 0.6) is 0 Å². The van der Waals surface area contributed by atoms with E-state index in [2.05, 4.69) is 189 Å². The number of benzene rings is 7. The third kappa shape index (κ3) is 5.89. The van der Waals surface area contributed by atoms with E-state index in [-0.39, 0.29) is 24.8 Å². The number of halogens is 2. The van der Waals surface area contributed by atoms with Crippen LogP contribution in [0.4, 0.5) is 0 Å². The molecule has 0 bridgehead atoms. The molecule has 0 spiro atoms. The van der Waals surface area contributed by atoms with Crippen molar-refractivity contribution in [3.63, 3.8) is 0 Å². The molecular formula is C49H46Cl2SiZr. The summed E-state index contributed by atoms with van der Waals surface area (Å²) in [5, 5.41) is 5.23. The van der Waals surface area contributed by atoms with Crippen molar-refractivity contribution in [2.45, 2.75) is 37.3 Å². The average molecular weight is 825 g/mol. The maximum Gasteiger partial charge on any atom is -0.147 e. The SMILES string of the molecule is CC1=Cc2c(-c3cccc4ccccc34)ccc(C)c2[CH]1[Zr]([CH3])([CH3])(=[SiH2])[CH]1C(c2ccccc2C)=Cc2c(-c3cccc4ccccc34)cccc21.Cl.Cl. The van der Waals surface area contributed by atoms with Crippen LogP contribution in [-0.4, -0.2) is 6.88 Å². The van der Waals surface area contributed by atoms with E-state index in [1.54, 1.807) is 5.56 Å². The van der Waals surface area contributed by atoms with Gasteiger partial charge in [-0.25, -0.2) is 0 Å². The van der Waals surface area contributed by atoms with E-state index in [1.165, 1.54) is 88.3 Å². The van der Waals surface area contributed by atoms with Crippen LogP contribution >= 0.6 is 24.8 Å². The minimum Gasteiger partial charge on any atom is -0.147 e. The molecule has 264 valence electrons. The molecule has 0 heterocycles. The predicted octanol–water partition coefficient (Wildman–Crippen LogP) is 13.9. The molecule has 9 rings (SSSR count). The Labute approximate surface area is 329 Å². The molecule has 0 aliphatic heterocycles. The van der Waals surface area contributed by atoms with Crippen LogP contribution < -0.4 is 0 Å². The molecular weight excluding hydrogens is 779 g/mol. The van der Waals surface area contributed by atoms with E-state index in [4.69, 9.17) is 0 Å². The Bertz CT molecular complexity index is 2720. The van der Waals surface area contributed by atoms with Crippen molar-refractivity contribution in [1.82, 2.24) is 0 Å². The molecule has 0 nitrogen and oxygen atoms in total. The van der Waals surface area contributed by atoms with Crippen LogP contribution in [0.25, 0.3) is 61.5 Å². The predicted molar refractivity (Wildman–Crippen MR) is 236 cm³/mol. The van der Waals surface area contributed by atoms with Gasteiger partial charge in [0.15, 0.2) is 0 Å². The Morgan fingerprint density at radius 2 is 0.962 bits per heavy atom. The molecule has 7 aromatic carbocycles. The van der Waals surface area contributed by atoms with E-state index in [0.29, 0.717) is 7.25 Å². The van der Waals surface area contributed by atoms with Gasteiger partial charge in [0.2, 0.25) is 0 Å². The van der Waals surface area contributed by atoms with Crippen LogP contribution in [0.2, 0.25) is 9.26 Å². The second-order valence-electron chi connectivity index (χ2n) is 16.2. The van der Waals surface area contributed by atoms with E-state index in [9.17, 15) is 0 Å². The van der Waals surface area contributed by atoms with Crippen LogP contribution in [-0.2, 0) is 17.4 Å². The molecule has 2 unspecified atom stereocenters. The molecule has 2 aliphatic carbocycles. The fourth-order valence-electron chi connectivity index (χ4n) is 10.2. The Balaban J connectivity index is 0.00000218. The first-order valence-corrected chi connectivity index (χ1v) is 32.0. The second kappa shape index (κ2) is 13.8. The van der Waals surface area contributed by atoms with Gasteiger partial charge in [0.05, 0.1) is 0 Å². The largest absolute Gasteiger partial charge is 0.147 e. The monoisotopic (exact) mass is 822 g/mol. The van der Waals surface area contributed by atoms with E-state index in [1.807, 2.05) is 0 Å². The molecule has 7 aromatic rings. The smallest absolute Gasteiger partial charge is 0.147 e. The summed E-state index contributed by atoms with van der Waals surface area (Å²) in [5.74, 6) is 0. The Morgan fingerprint density at radius 1 is 0.453 bits per heavy atom. The molecule has 0 amide bonds. The summed E-state index contributed by atoms with van der Waals surface area (Å²) in [7, 11) is 0. The van der Waals surface area contributed by atoms with Gasteiger partial charge in [0.25, 0.3) is 0 Å². The van der Waals surface area contributed by atoms with Gasteiger partial charge in [-0.2, -0.15) is 0 Å². The molecule has 2 atom stereocenters. The van der Waals surface area contributed by atoms with Crippen molar-refractivity contribution >= 4 is 71.0 Å². The molecule has 0 saturated heterocycles. The molecule has 0 aromatic heterocycles. The first-order valence-electron chi connectivity index (χ1n) is 18.4. The van der Waals surface area contributed by atoms with Crippen molar-refractivity contribution in [1.29, 1.82) is 0 Å². The zero-order valence-electron chi connectivity index (χ0n) is 31.1. The maximum absolute atomic E-state index is 3.94. The average Bonchev–Trinajstić information content (AvgIpc) is 3.72. The minimum atomic E-state index is -3.94. The Kier molecular flexibility index (Phi) is 9.78. The van der Waals surface area contributed by atoms with Gasteiger partial charge in [-0.15, -0.1) is 24.8 Å². The van der Waals surface area contributed by atoms with Crippen LogP contribution in [0, 0.1) is 13.8 Å². The zero-order chi connectivity index (χ0) is 35.1. The zero-order valence-corrected chi connectivity index (χ0v) is 36.6. The van der Waals surface area contributed by atoms with Gasteiger partial charge in [-0.1, -0.05) is 0 Å². The summed E-state index contributed by atoms with van der Waals surface area (Å²) in [6.07, 6.45) is 5.17. The summed E-state index contributed by atoms with van der Waals surface area (Å²) in [6, 6.07) is 52.3. The normalized spacial score (nSPS) is 16.3. The molecule has 0 saturated carbocycles. The maximum atomic E-state index is 2.78. The van der Waals surface area contributed by atoms with Gasteiger partial charge < -0.3 is 0 Å². The van der Waals surface area contributed by atoms with Crippen molar-refractivity contribution in [3.05, 3.63) is 184 Å². The first kappa shape index (κ1) is 37.5. The number of hydrogen-bond acceptors (Lipinski definition) is 0. The molecule has 53 heavy (non-hydrogen) atoms. The van der Waals surface area contributed by atoms with Crippen molar-refractivity contribution < 1.29 is 17.4 Å². The standard InChI is InChI=1S/C26H19.C21H17.2CH3.2ClH.H2Si.Zr/c1-18-8-2-4-12-22(18)21-16-20-11-7-15-25(26(20)17-21)24-14-6-10-19-9-3-5-13-23(19)24;1-14-12-20-15(2)10-11-19(21(20)13-14)18-9-5-7-16-6-3-4-8-17(16)18;;;;;;/h2-17H,1H3;3-13H,1-2H3;2*1H3;2*1H;1H2;. The van der Waals surface area contributed by atoms with Gasteiger partial charge in [-0.05, 0) is 0 Å². The summed E-state index contributed by atoms with van der Waals surface area (Å²) in [4.78, 5) is 0. The fourth-order valence-corrected chi connectivity index (χ4v) is 30.1. The van der Waals surface area contributed by atoms with E-state index >= 15 is 0 Å². The summed E-state index contributed by atoms with van der Waals surface area (Å²) in [6.45, 7) is 9.54. The number of rotatable bonds is 5. The second-order valence-corrected chi connectivity index (χ2v) is 46.7. The number of hydrogen-bond donors (Lipinski definition) is 0. The van der Waals surface area contributed by atoms with Crippen LogP contribution in [0.3, 0.4) is 0 Å². The first-order chi connectivity index (χ1) is 24.6. The van der Waals surface area contributed by atoms with Crippen molar-refractivity contribution in [3.8, 4) is 22.3 Å². The summed E-state index contributed by atoms with van der Waals surface area (Å²) < 4.78 is 6.35. The third-order valence-corrected chi connectivity index (χ3v) is 29.7. The van der Waals surface area contributed by atoms with Gasteiger partial charge >= 0.3 is 307 Å². The molecule has 0 N–H and O–H groups in total. The van der Waals surface area contributed by atoms with Gasteiger partial charge in [0, 0.05) is 0 Å². The number of allylic oxidation sites excluding steroid dienone is 2. The van der Waals surface area contributed by atoms with E-state index in [0.717, 1.165) is 0 Å².